The molecule has 0 radical (unpaired) electrons. The van der Waals surface area contributed by atoms with Gasteiger partial charge in [-0.05, 0) is 12.8 Å². The summed E-state index contributed by atoms with van der Waals surface area (Å²) in [6.07, 6.45) is 27.9. The van der Waals surface area contributed by atoms with E-state index in [2.05, 4.69) is 24.5 Å². The number of nitrogens with one attached hydrogen (secondary N) is 2. The molecule has 0 atom stereocenters. The topological polar surface area (TPSA) is 58.2 Å². The van der Waals surface area contributed by atoms with Gasteiger partial charge in [0.25, 0.3) is 0 Å². The molecule has 0 aromatic heterocycles. The monoisotopic (exact) mass is 454 g/mol. The Kier molecular flexibility index (Phi) is 31.0. The Morgan fingerprint density at radius 2 is 0.625 bits per heavy atom. The Balaban J connectivity index is 0. The lowest BCUT2D eigenvalue weighted by molar-refractivity contribution is -0.121. The van der Waals surface area contributed by atoms with Crippen molar-refractivity contribution < 1.29 is 9.59 Å². The van der Waals surface area contributed by atoms with E-state index in [0.29, 0.717) is 12.8 Å². The second-order valence-corrected chi connectivity index (χ2v) is 9.21. The molecular weight excluding hydrogens is 396 g/mol. The van der Waals surface area contributed by atoms with Crippen molar-refractivity contribution in [1.82, 2.24) is 10.6 Å². The number of hydrogen-bond acceptors (Lipinski definition) is 2. The highest BCUT2D eigenvalue weighted by atomic mass is 16.2. The van der Waals surface area contributed by atoms with E-state index in [-0.39, 0.29) is 11.8 Å². The highest BCUT2D eigenvalue weighted by molar-refractivity contribution is 5.75. The van der Waals surface area contributed by atoms with Crippen molar-refractivity contribution >= 4 is 11.8 Å². The average Bonchev–Trinajstić information content (AvgIpc) is 2.81. The molecule has 0 aromatic carbocycles. The Morgan fingerprint density at radius 3 is 0.844 bits per heavy atom. The fraction of sp³-hybridized carbons (Fsp3) is 0.929. The van der Waals surface area contributed by atoms with E-state index in [1.54, 1.807) is 14.1 Å². The maximum absolute atomic E-state index is 11.0. The molecule has 0 heterocycles. The molecule has 0 saturated carbocycles. The number of amides is 2. The summed E-state index contributed by atoms with van der Waals surface area (Å²) in [7, 11) is 3.41. The predicted octanol–water partition coefficient (Wildman–Crippen LogP) is 8.09. The summed E-state index contributed by atoms with van der Waals surface area (Å²) in [4.78, 5) is 21.9. The third-order valence-corrected chi connectivity index (χ3v) is 6.07. The van der Waals surface area contributed by atoms with Crippen LogP contribution in [0.3, 0.4) is 0 Å². The van der Waals surface area contributed by atoms with Gasteiger partial charge in [-0.25, -0.2) is 0 Å². The van der Waals surface area contributed by atoms with E-state index in [1.807, 2.05) is 0 Å². The molecular formula is C28H58N2O2. The molecule has 0 unspecified atom stereocenters. The van der Waals surface area contributed by atoms with Gasteiger partial charge in [0.05, 0.1) is 0 Å². The van der Waals surface area contributed by atoms with Gasteiger partial charge in [-0.1, -0.05) is 129 Å². The first-order valence-corrected chi connectivity index (χ1v) is 14.0. The summed E-state index contributed by atoms with van der Waals surface area (Å²) in [5.41, 5.74) is 0. The predicted molar refractivity (Wildman–Crippen MR) is 141 cm³/mol. The van der Waals surface area contributed by atoms with Crippen LogP contribution >= 0.6 is 0 Å². The third-order valence-electron chi connectivity index (χ3n) is 6.07. The SMILES string of the molecule is CCCCCCCCCCCC(=O)NC.CCCCCCCCCCCCCC(=O)NC. The lowest BCUT2D eigenvalue weighted by atomic mass is 10.1. The summed E-state index contributed by atoms with van der Waals surface area (Å²) in [5, 5.41) is 5.31. The van der Waals surface area contributed by atoms with E-state index in [4.69, 9.17) is 0 Å². The standard InChI is InChI=1S/C15H31NO.C13H27NO/c1-3-4-5-6-7-8-9-10-11-12-13-14-15(17)16-2;1-3-4-5-6-7-8-9-10-11-12-13(15)14-2/h3-14H2,1-2H3,(H,16,17);3-12H2,1-2H3,(H,14,15). The Morgan fingerprint density at radius 1 is 0.406 bits per heavy atom. The van der Waals surface area contributed by atoms with Crippen LogP contribution in [-0.2, 0) is 9.59 Å². The van der Waals surface area contributed by atoms with Crippen LogP contribution in [0.4, 0.5) is 0 Å². The quantitative estimate of drug-likeness (QED) is 0.162. The van der Waals surface area contributed by atoms with E-state index in [1.165, 1.54) is 116 Å². The molecule has 0 aliphatic heterocycles. The zero-order valence-corrected chi connectivity index (χ0v) is 22.4. The number of unbranched alkanes of at least 4 members (excludes halogenated alkanes) is 18. The van der Waals surface area contributed by atoms with E-state index in [9.17, 15) is 9.59 Å². The third kappa shape index (κ3) is 31.1. The second-order valence-electron chi connectivity index (χ2n) is 9.21. The van der Waals surface area contributed by atoms with Crippen LogP contribution in [0.25, 0.3) is 0 Å². The molecule has 2 amide bonds. The normalized spacial score (nSPS) is 10.4. The van der Waals surface area contributed by atoms with Crippen molar-refractivity contribution in [3.63, 3.8) is 0 Å². The molecule has 0 spiro atoms. The van der Waals surface area contributed by atoms with E-state index >= 15 is 0 Å². The highest BCUT2D eigenvalue weighted by Crippen LogP contribution is 2.12. The molecule has 0 aromatic rings. The minimum atomic E-state index is 0.179. The molecule has 4 nitrogen and oxygen atoms in total. The lowest BCUT2D eigenvalue weighted by Gasteiger charge is -2.02. The fourth-order valence-corrected chi connectivity index (χ4v) is 3.80. The first-order chi connectivity index (χ1) is 15.6. The van der Waals surface area contributed by atoms with Crippen LogP contribution in [0.5, 0.6) is 0 Å². The molecule has 0 fully saturated rings. The fourth-order valence-electron chi connectivity index (χ4n) is 3.80. The molecule has 192 valence electrons. The van der Waals surface area contributed by atoms with Crippen molar-refractivity contribution in [1.29, 1.82) is 0 Å². The molecule has 4 heteroatoms. The van der Waals surface area contributed by atoms with Gasteiger partial charge in [0, 0.05) is 26.9 Å². The van der Waals surface area contributed by atoms with Gasteiger partial charge in [0.2, 0.25) is 11.8 Å². The van der Waals surface area contributed by atoms with Crippen LogP contribution in [0.1, 0.15) is 155 Å². The molecule has 0 rings (SSSR count). The van der Waals surface area contributed by atoms with Gasteiger partial charge in [0.1, 0.15) is 0 Å². The first-order valence-electron chi connectivity index (χ1n) is 14.0. The number of rotatable bonds is 22. The smallest absolute Gasteiger partial charge is 0.219 e. The summed E-state index contributed by atoms with van der Waals surface area (Å²) < 4.78 is 0. The van der Waals surface area contributed by atoms with E-state index in [0.717, 1.165) is 12.8 Å². The minimum absolute atomic E-state index is 0.179. The van der Waals surface area contributed by atoms with E-state index < -0.39 is 0 Å². The number of carbonyl (C=O) groups is 2. The molecule has 32 heavy (non-hydrogen) atoms. The zero-order valence-electron chi connectivity index (χ0n) is 22.4. The van der Waals surface area contributed by atoms with Crippen LogP contribution in [-0.4, -0.2) is 25.9 Å². The molecule has 0 aliphatic carbocycles. The van der Waals surface area contributed by atoms with Crippen LogP contribution < -0.4 is 10.6 Å². The Bertz CT molecular complexity index is 386. The van der Waals surface area contributed by atoms with Gasteiger partial charge >= 0.3 is 0 Å². The second kappa shape index (κ2) is 29.9. The van der Waals surface area contributed by atoms with Crippen molar-refractivity contribution in [2.24, 2.45) is 0 Å². The van der Waals surface area contributed by atoms with Gasteiger partial charge in [0.15, 0.2) is 0 Å². The largest absolute Gasteiger partial charge is 0.359 e. The summed E-state index contributed by atoms with van der Waals surface area (Å²) in [5.74, 6) is 0.360. The maximum atomic E-state index is 11.0. The van der Waals surface area contributed by atoms with Gasteiger partial charge in [-0.2, -0.15) is 0 Å². The number of carbonyl (C=O) groups excluding carboxylic acids is 2. The van der Waals surface area contributed by atoms with Crippen LogP contribution in [0.15, 0.2) is 0 Å². The van der Waals surface area contributed by atoms with Crippen molar-refractivity contribution in [2.45, 2.75) is 155 Å². The molecule has 0 saturated heterocycles. The Hall–Kier alpha value is -1.06. The summed E-state index contributed by atoms with van der Waals surface area (Å²) in [6.45, 7) is 4.51. The minimum Gasteiger partial charge on any atom is -0.359 e. The summed E-state index contributed by atoms with van der Waals surface area (Å²) in [6, 6.07) is 0. The van der Waals surface area contributed by atoms with Crippen molar-refractivity contribution in [3.8, 4) is 0 Å². The Labute approximate surface area is 201 Å². The van der Waals surface area contributed by atoms with Gasteiger partial charge < -0.3 is 10.6 Å². The van der Waals surface area contributed by atoms with Crippen molar-refractivity contribution in [3.05, 3.63) is 0 Å². The van der Waals surface area contributed by atoms with Crippen molar-refractivity contribution in [2.75, 3.05) is 14.1 Å². The maximum Gasteiger partial charge on any atom is 0.219 e. The number of hydrogen-bond donors (Lipinski definition) is 2. The molecule has 0 aliphatic rings. The lowest BCUT2D eigenvalue weighted by Crippen LogP contribution is -2.16. The van der Waals surface area contributed by atoms with Gasteiger partial charge in [-0.15, -0.1) is 0 Å². The molecule has 2 N–H and O–H groups in total. The summed E-state index contributed by atoms with van der Waals surface area (Å²) >= 11 is 0. The zero-order chi connectivity index (χ0) is 24.1. The molecule has 0 bridgehead atoms. The van der Waals surface area contributed by atoms with Gasteiger partial charge in [-0.3, -0.25) is 9.59 Å². The average molecular weight is 455 g/mol. The highest BCUT2D eigenvalue weighted by Gasteiger charge is 1.98. The first kappa shape index (κ1) is 33.1. The van der Waals surface area contributed by atoms with Crippen LogP contribution in [0, 0.1) is 0 Å². The van der Waals surface area contributed by atoms with Crippen LogP contribution in [0.2, 0.25) is 0 Å².